The van der Waals surface area contributed by atoms with Crippen molar-refractivity contribution in [1.29, 1.82) is 0 Å². The highest BCUT2D eigenvalue weighted by atomic mass is 79.9. The molecule has 0 bridgehead atoms. The average molecular weight is 363 g/mol. The van der Waals surface area contributed by atoms with Gasteiger partial charge in [0.2, 0.25) is 0 Å². The van der Waals surface area contributed by atoms with Crippen molar-refractivity contribution in [2.24, 2.45) is 0 Å². The van der Waals surface area contributed by atoms with Gasteiger partial charge in [0.1, 0.15) is 5.75 Å². The van der Waals surface area contributed by atoms with Crippen molar-refractivity contribution in [2.45, 2.75) is 32.3 Å². The van der Waals surface area contributed by atoms with Crippen molar-refractivity contribution in [1.82, 2.24) is 0 Å². The summed E-state index contributed by atoms with van der Waals surface area (Å²) >= 11 is 3.40. The van der Waals surface area contributed by atoms with Crippen LogP contribution in [0.4, 0.5) is 0 Å². The Bertz CT molecular complexity index is 652. The van der Waals surface area contributed by atoms with Crippen LogP contribution in [-0.2, 0) is 11.2 Å². The lowest BCUT2D eigenvalue weighted by molar-refractivity contribution is -0.145. The van der Waals surface area contributed by atoms with Crippen LogP contribution in [0.15, 0.2) is 53.0 Å². The van der Waals surface area contributed by atoms with Crippen LogP contribution >= 0.6 is 15.9 Å². The zero-order chi connectivity index (χ0) is 16.1. The number of carboxylic acid groups (broad SMARTS) is 1. The molecule has 0 aliphatic heterocycles. The molecule has 1 atom stereocenters. The summed E-state index contributed by atoms with van der Waals surface area (Å²) in [4.78, 5) is 11.5. The number of hydrogen-bond donors (Lipinski definition) is 1. The number of ether oxygens (including phenoxy) is 1. The van der Waals surface area contributed by atoms with Gasteiger partial charge in [-0.2, -0.15) is 0 Å². The first-order valence-corrected chi connectivity index (χ1v) is 7.99. The Morgan fingerprint density at radius 3 is 2.55 bits per heavy atom. The predicted octanol–water partition coefficient (Wildman–Crippen LogP) is 4.65. The minimum Gasteiger partial charge on any atom is -0.478 e. The van der Waals surface area contributed by atoms with Gasteiger partial charge >= 0.3 is 5.97 Å². The fourth-order valence-corrected chi connectivity index (χ4v) is 2.72. The molecule has 0 heterocycles. The summed E-state index contributed by atoms with van der Waals surface area (Å²) in [6.07, 6.45) is -0.588. The summed E-state index contributed by atoms with van der Waals surface area (Å²) in [7, 11) is 0. The maximum atomic E-state index is 11.5. The van der Waals surface area contributed by atoms with Gasteiger partial charge in [-0.05, 0) is 35.2 Å². The van der Waals surface area contributed by atoms with Crippen LogP contribution in [0.25, 0.3) is 0 Å². The van der Waals surface area contributed by atoms with Crippen LogP contribution in [0, 0.1) is 0 Å². The van der Waals surface area contributed by atoms with Crippen LogP contribution in [-0.4, -0.2) is 17.2 Å². The fourth-order valence-electron chi connectivity index (χ4n) is 2.28. The van der Waals surface area contributed by atoms with Crippen LogP contribution in [0.2, 0.25) is 0 Å². The Morgan fingerprint density at radius 2 is 1.91 bits per heavy atom. The van der Waals surface area contributed by atoms with Crippen molar-refractivity contribution in [3.63, 3.8) is 0 Å². The monoisotopic (exact) mass is 362 g/mol. The van der Waals surface area contributed by atoms with Gasteiger partial charge in [0, 0.05) is 10.9 Å². The van der Waals surface area contributed by atoms with E-state index >= 15 is 0 Å². The molecule has 1 unspecified atom stereocenters. The number of carbonyl (C=O) groups is 1. The lowest BCUT2D eigenvalue weighted by Gasteiger charge is -2.19. The molecular formula is C18H19BrO3. The molecule has 0 aliphatic rings. The molecule has 0 spiro atoms. The van der Waals surface area contributed by atoms with Gasteiger partial charge in [0.05, 0.1) is 0 Å². The zero-order valence-electron chi connectivity index (χ0n) is 12.6. The van der Waals surface area contributed by atoms with Crippen LogP contribution < -0.4 is 4.74 Å². The average Bonchev–Trinajstić information content (AvgIpc) is 2.47. The molecule has 0 aromatic heterocycles. The minimum absolute atomic E-state index is 0.275. The number of hydrogen-bond acceptors (Lipinski definition) is 2. The lowest BCUT2D eigenvalue weighted by Crippen LogP contribution is -2.29. The second-order valence-electron chi connectivity index (χ2n) is 5.47. The molecule has 0 fully saturated rings. The van der Waals surface area contributed by atoms with Crippen LogP contribution in [0.5, 0.6) is 5.75 Å². The van der Waals surface area contributed by atoms with E-state index in [1.54, 1.807) is 0 Å². The fraction of sp³-hybridized carbons (Fsp3) is 0.278. The molecule has 0 aliphatic carbocycles. The molecule has 2 aromatic rings. The Labute approximate surface area is 139 Å². The first-order chi connectivity index (χ1) is 10.5. The lowest BCUT2D eigenvalue weighted by atomic mass is 10.0. The third kappa shape index (κ3) is 4.34. The van der Waals surface area contributed by atoms with E-state index in [0.717, 1.165) is 15.6 Å². The molecule has 3 nitrogen and oxygen atoms in total. The molecule has 0 amide bonds. The van der Waals surface area contributed by atoms with E-state index in [0.29, 0.717) is 12.2 Å². The summed E-state index contributed by atoms with van der Waals surface area (Å²) in [6.45, 7) is 4.12. The van der Waals surface area contributed by atoms with E-state index in [9.17, 15) is 9.90 Å². The molecule has 0 saturated carbocycles. The quantitative estimate of drug-likeness (QED) is 0.813. The van der Waals surface area contributed by atoms with Gasteiger partial charge in [-0.3, -0.25) is 0 Å². The Kier molecular flexibility index (Phi) is 5.61. The molecule has 116 valence electrons. The van der Waals surface area contributed by atoms with Crippen molar-refractivity contribution < 1.29 is 14.6 Å². The van der Waals surface area contributed by atoms with Crippen LogP contribution in [0.1, 0.15) is 30.9 Å². The smallest absolute Gasteiger partial charge is 0.345 e. The van der Waals surface area contributed by atoms with E-state index in [1.807, 2.05) is 48.5 Å². The third-order valence-corrected chi connectivity index (χ3v) is 3.89. The van der Waals surface area contributed by atoms with Gasteiger partial charge in [-0.15, -0.1) is 0 Å². The normalized spacial score (nSPS) is 12.2. The molecule has 0 radical (unpaired) electrons. The summed E-state index contributed by atoms with van der Waals surface area (Å²) in [6, 6.07) is 15.2. The number of rotatable bonds is 6. The van der Waals surface area contributed by atoms with E-state index in [1.165, 1.54) is 0 Å². The Morgan fingerprint density at radius 1 is 1.18 bits per heavy atom. The summed E-state index contributed by atoms with van der Waals surface area (Å²) in [5.41, 5.74) is 1.94. The van der Waals surface area contributed by atoms with Crippen molar-refractivity contribution >= 4 is 21.9 Å². The van der Waals surface area contributed by atoms with Gasteiger partial charge < -0.3 is 9.84 Å². The summed E-state index contributed by atoms with van der Waals surface area (Å²) < 4.78 is 6.72. The van der Waals surface area contributed by atoms with Crippen molar-refractivity contribution in [3.05, 3.63) is 64.1 Å². The summed E-state index contributed by atoms with van der Waals surface area (Å²) in [5, 5.41) is 9.46. The molecule has 2 rings (SSSR count). The number of aliphatic carboxylic acids is 1. The maximum Gasteiger partial charge on any atom is 0.345 e. The summed E-state index contributed by atoms with van der Waals surface area (Å²) in [5.74, 6) is -0.0463. The van der Waals surface area contributed by atoms with E-state index < -0.39 is 12.1 Å². The first-order valence-electron chi connectivity index (χ1n) is 7.20. The highest BCUT2D eigenvalue weighted by Gasteiger charge is 2.22. The number of para-hydroxylation sites is 1. The SMILES string of the molecule is CC(C)c1ccccc1OC(Cc1cccc(Br)c1)C(=O)O. The highest BCUT2D eigenvalue weighted by molar-refractivity contribution is 9.10. The standard InChI is InChI=1S/C18H19BrO3/c1-12(2)15-8-3-4-9-16(15)22-17(18(20)21)11-13-6-5-7-14(19)10-13/h3-10,12,17H,11H2,1-2H3,(H,20,21). The predicted molar refractivity (Wildman–Crippen MR) is 90.4 cm³/mol. The molecule has 4 heteroatoms. The molecule has 22 heavy (non-hydrogen) atoms. The number of benzene rings is 2. The first kappa shape index (κ1) is 16.6. The van der Waals surface area contributed by atoms with E-state index in [2.05, 4.69) is 29.8 Å². The Hall–Kier alpha value is -1.81. The third-order valence-electron chi connectivity index (χ3n) is 3.40. The van der Waals surface area contributed by atoms with Gasteiger partial charge in [0.25, 0.3) is 0 Å². The highest BCUT2D eigenvalue weighted by Crippen LogP contribution is 2.27. The van der Waals surface area contributed by atoms with Gasteiger partial charge in [0.15, 0.2) is 6.10 Å². The minimum atomic E-state index is -0.960. The van der Waals surface area contributed by atoms with Gasteiger partial charge in [-0.1, -0.05) is 60.1 Å². The topological polar surface area (TPSA) is 46.5 Å². The van der Waals surface area contributed by atoms with E-state index in [-0.39, 0.29) is 5.92 Å². The molecular weight excluding hydrogens is 344 g/mol. The van der Waals surface area contributed by atoms with Crippen molar-refractivity contribution in [3.8, 4) is 5.75 Å². The second-order valence-corrected chi connectivity index (χ2v) is 6.39. The molecule has 1 N–H and O–H groups in total. The van der Waals surface area contributed by atoms with Crippen molar-refractivity contribution in [2.75, 3.05) is 0 Å². The molecule has 2 aromatic carbocycles. The number of carboxylic acids is 1. The van der Waals surface area contributed by atoms with E-state index in [4.69, 9.17) is 4.74 Å². The Balaban J connectivity index is 2.21. The number of halogens is 1. The zero-order valence-corrected chi connectivity index (χ0v) is 14.2. The maximum absolute atomic E-state index is 11.5. The van der Waals surface area contributed by atoms with Gasteiger partial charge in [-0.25, -0.2) is 4.79 Å². The largest absolute Gasteiger partial charge is 0.478 e. The van der Waals surface area contributed by atoms with Crippen LogP contribution in [0.3, 0.4) is 0 Å². The second kappa shape index (κ2) is 7.45. The molecule has 0 saturated heterocycles.